The monoisotopic (exact) mass is 451 g/mol. The van der Waals surface area contributed by atoms with E-state index in [1.807, 2.05) is 6.92 Å². The number of aliphatic hydroxyl groups is 1. The number of hydrogen-bond acceptors (Lipinski definition) is 5. The summed E-state index contributed by atoms with van der Waals surface area (Å²) in [4.78, 5) is 16.9. The standard InChI is InChI=1S/C24H25N3O4S/c1-3-16-7-11-19(12-8-16)32(30,31)27-23-20-14-18(10-9-17(20)13-22(23)28)26-24(29)21-6-4-5-15(2)25-21/h4-12,14,22-23,27-28H,3,13H2,1-2H3,(H,26,29)/t22-,23?/m0/s1. The SMILES string of the molecule is CCc1ccc(S(=O)(=O)NC2c3cc(NC(=O)c4cccc(C)n4)ccc3C[C@@H]2O)cc1. The molecule has 3 aromatic rings. The Bertz CT molecular complexity index is 1260. The topological polar surface area (TPSA) is 108 Å². The zero-order chi connectivity index (χ0) is 22.9. The van der Waals surface area contributed by atoms with E-state index in [1.54, 1.807) is 67.6 Å². The van der Waals surface area contributed by atoms with Crippen LogP contribution in [0.2, 0.25) is 0 Å². The van der Waals surface area contributed by atoms with E-state index < -0.39 is 22.2 Å². The van der Waals surface area contributed by atoms with Crippen LogP contribution in [0.25, 0.3) is 0 Å². The van der Waals surface area contributed by atoms with Crippen LogP contribution in [0.5, 0.6) is 0 Å². The maximum absolute atomic E-state index is 12.9. The predicted octanol–water partition coefficient (Wildman–Crippen LogP) is 3.14. The third kappa shape index (κ3) is 4.57. The van der Waals surface area contributed by atoms with Gasteiger partial charge in [-0.2, -0.15) is 0 Å². The quantitative estimate of drug-likeness (QED) is 0.534. The Kier molecular flexibility index (Phi) is 6.10. The van der Waals surface area contributed by atoms with E-state index in [2.05, 4.69) is 15.0 Å². The minimum Gasteiger partial charge on any atom is -0.391 e. The highest BCUT2D eigenvalue weighted by Gasteiger charge is 2.35. The van der Waals surface area contributed by atoms with E-state index in [1.165, 1.54) is 0 Å². The van der Waals surface area contributed by atoms with Crippen molar-refractivity contribution in [3.8, 4) is 0 Å². The van der Waals surface area contributed by atoms with Gasteiger partial charge in [-0.3, -0.25) is 4.79 Å². The number of fused-ring (bicyclic) bond motifs is 1. The third-order valence-corrected chi connectivity index (χ3v) is 7.05. The number of aryl methyl sites for hydroxylation is 2. The highest BCUT2D eigenvalue weighted by Crippen LogP contribution is 2.34. The van der Waals surface area contributed by atoms with E-state index in [0.717, 1.165) is 23.2 Å². The second-order valence-corrected chi connectivity index (χ2v) is 9.61. The van der Waals surface area contributed by atoms with Crippen molar-refractivity contribution in [1.82, 2.24) is 9.71 Å². The van der Waals surface area contributed by atoms with Crippen molar-refractivity contribution >= 4 is 21.6 Å². The van der Waals surface area contributed by atoms with Crippen LogP contribution < -0.4 is 10.0 Å². The van der Waals surface area contributed by atoms with Crippen molar-refractivity contribution in [3.63, 3.8) is 0 Å². The van der Waals surface area contributed by atoms with Crippen molar-refractivity contribution in [2.24, 2.45) is 0 Å². The first-order valence-corrected chi connectivity index (χ1v) is 11.9. The summed E-state index contributed by atoms with van der Waals surface area (Å²) in [5.41, 5.74) is 4.04. The van der Waals surface area contributed by atoms with Gasteiger partial charge in [0.2, 0.25) is 10.0 Å². The van der Waals surface area contributed by atoms with Crippen molar-refractivity contribution in [3.05, 3.63) is 88.7 Å². The van der Waals surface area contributed by atoms with Crippen LogP contribution in [0.4, 0.5) is 5.69 Å². The van der Waals surface area contributed by atoms with E-state index >= 15 is 0 Å². The number of hydrogen-bond donors (Lipinski definition) is 3. The molecule has 166 valence electrons. The zero-order valence-electron chi connectivity index (χ0n) is 17.9. The van der Waals surface area contributed by atoms with Crippen LogP contribution in [0, 0.1) is 6.92 Å². The van der Waals surface area contributed by atoms with E-state index in [9.17, 15) is 18.3 Å². The molecule has 1 aliphatic rings. The minimum absolute atomic E-state index is 0.144. The summed E-state index contributed by atoms with van der Waals surface area (Å²) in [6, 6.07) is 16.3. The van der Waals surface area contributed by atoms with Gasteiger partial charge in [-0.25, -0.2) is 18.1 Å². The molecule has 1 unspecified atom stereocenters. The molecule has 7 nitrogen and oxygen atoms in total. The number of rotatable bonds is 6. The van der Waals surface area contributed by atoms with Crippen molar-refractivity contribution in [2.45, 2.75) is 43.7 Å². The molecule has 32 heavy (non-hydrogen) atoms. The Morgan fingerprint density at radius 1 is 1.12 bits per heavy atom. The number of nitrogens with zero attached hydrogens (tertiary/aromatic N) is 1. The van der Waals surface area contributed by atoms with Crippen LogP contribution in [0.3, 0.4) is 0 Å². The first-order chi connectivity index (χ1) is 15.3. The second-order valence-electron chi connectivity index (χ2n) is 7.90. The maximum Gasteiger partial charge on any atom is 0.274 e. The molecule has 1 amide bonds. The number of amides is 1. The Balaban J connectivity index is 1.57. The van der Waals surface area contributed by atoms with E-state index in [4.69, 9.17) is 0 Å². The molecule has 0 saturated heterocycles. The van der Waals surface area contributed by atoms with Gasteiger partial charge in [0, 0.05) is 17.8 Å². The van der Waals surface area contributed by atoms with Gasteiger partial charge in [0.15, 0.2) is 0 Å². The van der Waals surface area contributed by atoms with Crippen LogP contribution in [0.1, 0.15) is 45.8 Å². The number of carbonyl (C=O) groups excluding carboxylic acids is 1. The molecule has 1 aliphatic carbocycles. The van der Waals surface area contributed by atoms with E-state index in [-0.39, 0.29) is 10.8 Å². The van der Waals surface area contributed by atoms with Gasteiger partial charge < -0.3 is 10.4 Å². The van der Waals surface area contributed by atoms with Crippen LogP contribution in [-0.4, -0.2) is 30.5 Å². The molecular weight excluding hydrogens is 426 g/mol. The van der Waals surface area contributed by atoms with Gasteiger partial charge in [-0.15, -0.1) is 0 Å². The predicted molar refractivity (Wildman–Crippen MR) is 122 cm³/mol. The highest BCUT2D eigenvalue weighted by atomic mass is 32.2. The van der Waals surface area contributed by atoms with Gasteiger partial charge >= 0.3 is 0 Å². The molecule has 0 bridgehead atoms. The number of pyridine rings is 1. The number of nitrogens with one attached hydrogen (secondary N) is 2. The second kappa shape index (κ2) is 8.82. The summed E-state index contributed by atoms with van der Waals surface area (Å²) >= 11 is 0. The van der Waals surface area contributed by atoms with Gasteiger partial charge in [-0.1, -0.05) is 31.2 Å². The van der Waals surface area contributed by atoms with Crippen LogP contribution in [0.15, 0.2) is 65.6 Å². The average molecular weight is 452 g/mol. The Morgan fingerprint density at radius 2 is 1.88 bits per heavy atom. The van der Waals surface area contributed by atoms with Gasteiger partial charge in [0.05, 0.1) is 17.0 Å². The summed E-state index contributed by atoms with van der Waals surface area (Å²) in [6.45, 7) is 3.80. The summed E-state index contributed by atoms with van der Waals surface area (Å²) in [5.74, 6) is -0.361. The first-order valence-electron chi connectivity index (χ1n) is 10.4. The summed E-state index contributed by atoms with van der Waals surface area (Å²) < 4.78 is 28.5. The highest BCUT2D eigenvalue weighted by molar-refractivity contribution is 7.89. The molecule has 1 heterocycles. The van der Waals surface area contributed by atoms with E-state index in [0.29, 0.717) is 23.4 Å². The maximum atomic E-state index is 12.9. The Labute approximate surface area is 187 Å². The molecule has 3 N–H and O–H groups in total. The lowest BCUT2D eigenvalue weighted by atomic mass is 10.1. The molecular formula is C24H25N3O4S. The fourth-order valence-corrected chi connectivity index (χ4v) is 5.09. The lowest BCUT2D eigenvalue weighted by Crippen LogP contribution is -2.34. The lowest BCUT2D eigenvalue weighted by molar-refractivity contribution is 0.102. The number of aliphatic hydroxyl groups excluding tert-OH is 1. The molecule has 4 rings (SSSR count). The summed E-state index contributed by atoms with van der Waals surface area (Å²) in [5, 5.41) is 13.4. The number of carbonyl (C=O) groups is 1. The molecule has 0 fully saturated rings. The molecule has 1 aromatic heterocycles. The number of anilines is 1. The first kappa shape index (κ1) is 22.1. The normalized spacial score (nSPS) is 17.7. The summed E-state index contributed by atoms with van der Waals surface area (Å²) in [7, 11) is -3.84. The van der Waals surface area contributed by atoms with Crippen LogP contribution >= 0.6 is 0 Å². The molecule has 2 atom stereocenters. The molecule has 0 radical (unpaired) electrons. The molecule has 8 heteroatoms. The van der Waals surface area contributed by atoms with Crippen LogP contribution in [-0.2, 0) is 22.9 Å². The molecule has 0 aliphatic heterocycles. The number of sulfonamides is 1. The third-order valence-electron chi connectivity index (χ3n) is 5.60. The lowest BCUT2D eigenvalue weighted by Gasteiger charge is -2.19. The largest absolute Gasteiger partial charge is 0.391 e. The molecule has 0 saturated carbocycles. The number of aromatic nitrogens is 1. The number of benzene rings is 2. The van der Waals surface area contributed by atoms with Crippen molar-refractivity contribution < 1.29 is 18.3 Å². The molecule has 2 aromatic carbocycles. The molecule has 0 spiro atoms. The Hall–Kier alpha value is -3.07. The van der Waals surface area contributed by atoms with Gasteiger partial charge in [0.25, 0.3) is 5.91 Å². The van der Waals surface area contributed by atoms with Crippen molar-refractivity contribution in [1.29, 1.82) is 0 Å². The van der Waals surface area contributed by atoms with Gasteiger partial charge in [-0.05, 0) is 66.4 Å². The van der Waals surface area contributed by atoms with Crippen molar-refractivity contribution in [2.75, 3.05) is 5.32 Å². The fraction of sp³-hybridized carbons (Fsp3) is 0.250. The minimum atomic E-state index is -3.84. The Morgan fingerprint density at radius 3 is 2.56 bits per heavy atom. The smallest absolute Gasteiger partial charge is 0.274 e. The van der Waals surface area contributed by atoms with Gasteiger partial charge in [0.1, 0.15) is 5.69 Å². The summed E-state index contributed by atoms with van der Waals surface area (Å²) in [6.07, 6.45) is 0.235. The average Bonchev–Trinajstić information content (AvgIpc) is 3.08. The fourth-order valence-electron chi connectivity index (χ4n) is 3.84. The zero-order valence-corrected chi connectivity index (χ0v) is 18.7.